The number of amides is 1. The normalized spacial score (nSPS) is 18.5. The fourth-order valence-electron chi connectivity index (χ4n) is 4.24. The van der Waals surface area contributed by atoms with Crippen LogP contribution in [0.2, 0.25) is 0 Å². The Morgan fingerprint density at radius 1 is 0.886 bits per heavy atom. The number of benzene rings is 3. The second-order valence-electron chi connectivity index (χ2n) is 8.42. The third kappa shape index (κ3) is 4.46. The largest absolute Gasteiger partial charge is 0.372 e. The minimum atomic E-state index is -0.0421. The lowest BCUT2D eigenvalue weighted by Gasteiger charge is -2.21. The third-order valence-corrected chi connectivity index (χ3v) is 8.60. The van der Waals surface area contributed by atoms with Crippen LogP contribution in [0.4, 0.5) is 22.7 Å². The summed E-state index contributed by atoms with van der Waals surface area (Å²) in [6, 6.07) is 24.5. The van der Waals surface area contributed by atoms with Gasteiger partial charge in [-0.2, -0.15) is 0 Å². The van der Waals surface area contributed by atoms with Crippen LogP contribution in [0.15, 0.2) is 92.6 Å². The average molecular weight is 501 g/mol. The van der Waals surface area contributed by atoms with Crippen LogP contribution in [0.25, 0.3) is 0 Å². The van der Waals surface area contributed by atoms with Gasteiger partial charge in [0.15, 0.2) is 5.17 Å². The van der Waals surface area contributed by atoms with E-state index in [2.05, 4.69) is 47.9 Å². The van der Waals surface area contributed by atoms with Crippen molar-refractivity contribution in [3.05, 3.63) is 88.3 Å². The molecule has 0 saturated carbocycles. The van der Waals surface area contributed by atoms with Gasteiger partial charge in [0.2, 0.25) is 0 Å². The maximum absolute atomic E-state index is 13.8. The van der Waals surface area contributed by atoms with E-state index in [1.54, 1.807) is 16.7 Å². The van der Waals surface area contributed by atoms with Crippen LogP contribution in [0.1, 0.15) is 19.4 Å². The second-order valence-corrected chi connectivity index (χ2v) is 10.4. The molecule has 5 nitrogen and oxygen atoms in total. The average Bonchev–Trinajstić information content (AvgIpc) is 3.38. The Labute approximate surface area is 215 Å². The van der Waals surface area contributed by atoms with Crippen molar-refractivity contribution in [3.8, 4) is 0 Å². The smallest absolute Gasteiger partial charge is 0.274 e. The fraction of sp³-hybridized carbons (Fsp3) is 0.214. The molecule has 0 aromatic heterocycles. The molecular formula is C28H28N4OS2. The molecule has 1 amide bonds. The molecule has 2 aliphatic rings. The zero-order valence-corrected chi connectivity index (χ0v) is 22.0. The summed E-state index contributed by atoms with van der Waals surface area (Å²) in [6.45, 7) is 8.28. The second kappa shape index (κ2) is 9.84. The Kier molecular flexibility index (Phi) is 6.62. The monoisotopic (exact) mass is 500 g/mol. The van der Waals surface area contributed by atoms with Crippen LogP contribution in [0.5, 0.6) is 0 Å². The number of hydrogen-bond donors (Lipinski definition) is 0. The lowest BCUT2D eigenvalue weighted by Crippen LogP contribution is -2.29. The van der Waals surface area contributed by atoms with Crippen LogP contribution < -0.4 is 14.7 Å². The standard InChI is InChI=1S/C28H28N4OS2/c1-5-31(6-2)21-17-13-20(14-18-21)29-28-32(22-15-11-19(3)12-16-22)26(33)25(35-28)27-30(4)23-9-7-8-10-24(23)34-27/h7-18H,5-6H2,1-4H3/b27-25-,29-28?. The van der Waals surface area contributed by atoms with Crippen LogP contribution in [-0.2, 0) is 4.79 Å². The molecule has 5 rings (SSSR count). The highest BCUT2D eigenvalue weighted by molar-refractivity contribution is 8.20. The maximum atomic E-state index is 13.8. The predicted octanol–water partition coefficient (Wildman–Crippen LogP) is 7.02. The number of anilines is 3. The van der Waals surface area contributed by atoms with E-state index in [4.69, 9.17) is 4.99 Å². The van der Waals surface area contributed by atoms with E-state index >= 15 is 0 Å². The Bertz CT molecular complexity index is 1310. The van der Waals surface area contributed by atoms with Gasteiger partial charge in [0.05, 0.1) is 22.1 Å². The molecule has 1 fully saturated rings. The van der Waals surface area contributed by atoms with Crippen LogP contribution in [-0.4, -0.2) is 31.2 Å². The van der Waals surface area contributed by atoms with E-state index in [9.17, 15) is 4.79 Å². The highest BCUT2D eigenvalue weighted by Crippen LogP contribution is 2.50. The van der Waals surface area contributed by atoms with Gasteiger partial charge in [-0.15, -0.1) is 0 Å². The summed E-state index contributed by atoms with van der Waals surface area (Å²) in [5, 5.41) is 1.61. The summed E-state index contributed by atoms with van der Waals surface area (Å²) in [7, 11) is 2.02. The predicted molar refractivity (Wildman–Crippen MR) is 151 cm³/mol. The zero-order chi connectivity index (χ0) is 24.5. The molecule has 1 saturated heterocycles. The molecule has 0 radical (unpaired) electrons. The van der Waals surface area contributed by atoms with Crippen molar-refractivity contribution in [2.45, 2.75) is 25.7 Å². The molecule has 0 atom stereocenters. The van der Waals surface area contributed by atoms with E-state index in [1.165, 1.54) is 17.4 Å². The zero-order valence-electron chi connectivity index (χ0n) is 20.4. The van der Waals surface area contributed by atoms with Gasteiger partial charge in [-0.05, 0) is 81.1 Å². The number of hydrogen-bond acceptors (Lipinski definition) is 6. The number of carbonyl (C=O) groups is 1. The first-order valence-electron chi connectivity index (χ1n) is 11.8. The van der Waals surface area contributed by atoms with Crippen LogP contribution in [0, 0.1) is 6.92 Å². The fourth-order valence-corrected chi connectivity index (χ4v) is 6.58. The minimum absolute atomic E-state index is 0.0421. The quantitative estimate of drug-likeness (QED) is 0.352. The summed E-state index contributed by atoms with van der Waals surface area (Å²) in [5.41, 5.74) is 5.10. The van der Waals surface area contributed by atoms with Gasteiger partial charge < -0.3 is 9.80 Å². The summed E-state index contributed by atoms with van der Waals surface area (Å²) in [5.74, 6) is -0.0421. The van der Waals surface area contributed by atoms with Crippen molar-refractivity contribution < 1.29 is 4.79 Å². The number of aryl methyl sites for hydroxylation is 1. The number of aliphatic imine (C=N–C) groups is 1. The Hall–Kier alpha value is -3.16. The summed E-state index contributed by atoms with van der Waals surface area (Å²) >= 11 is 3.09. The molecule has 7 heteroatoms. The molecule has 178 valence electrons. The number of nitrogens with zero attached hydrogens (tertiary/aromatic N) is 4. The SMILES string of the molecule is CCN(CC)c1ccc(N=C2S/C(=C3\Sc4ccccc4N3C)C(=O)N2c2ccc(C)cc2)cc1. The van der Waals surface area contributed by atoms with E-state index in [0.717, 1.165) is 45.6 Å². The highest BCUT2D eigenvalue weighted by atomic mass is 32.2. The molecule has 3 aromatic rings. The molecule has 0 N–H and O–H groups in total. The first-order chi connectivity index (χ1) is 17.0. The third-order valence-electron chi connectivity index (χ3n) is 6.21. The molecule has 0 unspecified atom stereocenters. The van der Waals surface area contributed by atoms with Gasteiger partial charge >= 0.3 is 0 Å². The van der Waals surface area contributed by atoms with Gasteiger partial charge in [-0.25, -0.2) is 4.99 Å². The Morgan fingerprint density at radius 3 is 2.23 bits per heavy atom. The lowest BCUT2D eigenvalue weighted by atomic mass is 10.2. The summed E-state index contributed by atoms with van der Waals surface area (Å²) in [6.07, 6.45) is 0. The molecule has 35 heavy (non-hydrogen) atoms. The number of amidine groups is 1. The van der Waals surface area contributed by atoms with Crippen molar-refractivity contribution >= 4 is 57.3 Å². The highest BCUT2D eigenvalue weighted by Gasteiger charge is 2.40. The van der Waals surface area contributed by atoms with Crippen LogP contribution >= 0.6 is 23.5 Å². The molecular weight excluding hydrogens is 472 g/mol. The molecule has 2 aliphatic heterocycles. The Balaban J connectivity index is 1.55. The molecule has 0 aliphatic carbocycles. The minimum Gasteiger partial charge on any atom is -0.372 e. The van der Waals surface area contributed by atoms with E-state index in [0.29, 0.717) is 10.1 Å². The molecule has 2 heterocycles. The van der Waals surface area contributed by atoms with Gasteiger partial charge in [0.25, 0.3) is 5.91 Å². The van der Waals surface area contributed by atoms with E-state index in [1.807, 2.05) is 62.5 Å². The maximum Gasteiger partial charge on any atom is 0.274 e. The van der Waals surface area contributed by atoms with Gasteiger partial charge in [0.1, 0.15) is 4.91 Å². The first-order valence-corrected chi connectivity index (χ1v) is 13.4. The first kappa shape index (κ1) is 23.6. The lowest BCUT2D eigenvalue weighted by molar-refractivity contribution is -0.113. The number of carbonyl (C=O) groups excluding carboxylic acids is 1. The van der Waals surface area contributed by atoms with Crippen molar-refractivity contribution in [1.82, 2.24) is 0 Å². The van der Waals surface area contributed by atoms with Crippen molar-refractivity contribution in [2.75, 3.05) is 34.8 Å². The van der Waals surface area contributed by atoms with Gasteiger partial charge in [0, 0.05) is 30.7 Å². The van der Waals surface area contributed by atoms with Crippen LogP contribution in [0.3, 0.4) is 0 Å². The number of fused-ring (bicyclic) bond motifs is 1. The molecule has 3 aromatic carbocycles. The topological polar surface area (TPSA) is 39.1 Å². The number of para-hydroxylation sites is 1. The van der Waals surface area contributed by atoms with Crippen molar-refractivity contribution in [1.29, 1.82) is 0 Å². The Morgan fingerprint density at radius 2 is 1.57 bits per heavy atom. The molecule has 0 bridgehead atoms. The summed E-state index contributed by atoms with van der Waals surface area (Å²) in [4.78, 5) is 26.8. The number of thioether (sulfide) groups is 2. The van der Waals surface area contributed by atoms with E-state index < -0.39 is 0 Å². The summed E-state index contributed by atoms with van der Waals surface area (Å²) < 4.78 is 0. The van der Waals surface area contributed by atoms with Gasteiger partial charge in [-0.3, -0.25) is 9.69 Å². The molecule has 0 spiro atoms. The number of rotatable bonds is 5. The van der Waals surface area contributed by atoms with E-state index in [-0.39, 0.29) is 5.91 Å². The van der Waals surface area contributed by atoms with Crippen molar-refractivity contribution in [2.24, 2.45) is 4.99 Å². The van der Waals surface area contributed by atoms with Crippen molar-refractivity contribution in [3.63, 3.8) is 0 Å². The van der Waals surface area contributed by atoms with Gasteiger partial charge in [-0.1, -0.05) is 41.6 Å².